The molecule has 1 saturated heterocycles. The highest BCUT2D eigenvalue weighted by molar-refractivity contribution is 9.12. The Balaban J connectivity index is 0.000000956. The van der Waals surface area contributed by atoms with Crippen molar-refractivity contribution < 1.29 is 9.13 Å². The van der Waals surface area contributed by atoms with Crippen LogP contribution in [-0.2, 0) is 4.74 Å². The van der Waals surface area contributed by atoms with E-state index in [0.717, 1.165) is 44.6 Å². The summed E-state index contributed by atoms with van der Waals surface area (Å²) in [6.45, 7) is 10.1. The van der Waals surface area contributed by atoms with Crippen molar-refractivity contribution in [2.24, 2.45) is 5.92 Å². The van der Waals surface area contributed by atoms with Crippen molar-refractivity contribution in [3.8, 4) is 0 Å². The quantitative estimate of drug-likeness (QED) is 0.703. The molecule has 3 nitrogen and oxygen atoms in total. The molecule has 0 bridgehead atoms. The number of hydrogen-bond donors (Lipinski definition) is 2. The minimum absolute atomic E-state index is 0.115. The maximum Gasteiger partial charge on any atom is 0.175 e. The zero-order valence-electron chi connectivity index (χ0n) is 12.7. The molecule has 1 fully saturated rings. The van der Waals surface area contributed by atoms with Crippen LogP contribution in [0.15, 0.2) is 21.6 Å². The predicted octanol–water partition coefficient (Wildman–Crippen LogP) is 3.48. The highest BCUT2D eigenvalue weighted by atomic mass is 79.9. The lowest BCUT2D eigenvalue weighted by atomic mass is 9.92. The topological polar surface area (TPSA) is 33.3 Å². The summed E-state index contributed by atoms with van der Waals surface area (Å²) < 4.78 is 20.5. The average molecular weight is 349 g/mol. The van der Waals surface area contributed by atoms with E-state index in [1.165, 1.54) is 0 Å². The lowest BCUT2D eigenvalue weighted by Gasteiger charge is -2.26. The van der Waals surface area contributed by atoms with Crippen LogP contribution in [0.3, 0.4) is 0 Å². The first-order chi connectivity index (χ1) is 9.70. The Bertz CT molecular complexity index is 369. The van der Waals surface area contributed by atoms with Crippen LogP contribution in [0.2, 0.25) is 0 Å². The molecule has 2 aliphatic rings. The SMILES string of the molecule is CC.CC1=C(Br)C(F)=C2OCCCNCCNCC2C1. The van der Waals surface area contributed by atoms with Crippen LogP contribution in [0.4, 0.5) is 4.39 Å². The summed E-state index contributed by atoms with van der Waals surface area (Å²) >= 11 is 3.31. The second-order valence-corrected chi connectivity index (χ2v) is 5.62. The molecule has 0 spiro atoms. The van der Waals surface area contributed by atoms with E-state index in [1.54, 1.807) is 0 Å². The van der Waals surface area contributed by atoms with Crippen LogP contribution in [0.25, 0.3) is 0 Å². The van der Waals surface area contributed by atoms with Crippen LogP contribution >= 0.6 is 15.9 Å². The summed E-state index contributed by atoms with van der Waals surface area (Å²) in [5.74, 6) is 0.407. The van der Waals surface area contributed by atoms with Crippen LogP contribution < -0.4 is 10.6 Å². The van der Waals surface area contributed by atoms with Gasteiger partial charge in [0.25, 0.3) is 0 Å². The smallest absolute Gasteiger partial charge is 0.175 e. The van der Waals surface area contributed by atoms with Gasteiger partial charge in [0, 0.05) is 25.6 Å². The molecule has 0 amide bonds. The van der Waals surface area contributed by atoms with E-state index in [-0.39, 0.29) is 11.7 Å². The standard InChI is InChI=1S/C13H20BrFN2O.C2H6/c1-9-7-10-8-17-5-4-16-3-2-6-18-13(10)12(15)11(9)14;1-2/h10,16-17H,2-8H2,1H3;1-2H3. The van der Waals surface area contributed by atoms with Gasteiger partial charge in [0.15, 0.2) is 5.83 Å². The summed E-state index contributed by atoms with van der Waals surface area (Å²) in [6.07, 6.45) is 1.76. The molecule has 0 radical (unpaired) electrons. The summed E-state index contributed by atoms with van der Waals surface area (Å²) in [5, 5.41) is 6.68. The zero-order valence-corrected chi connectivity index (χ0v) is 14.3. The maximum atomic E-state index is 14.2. The van der Waals surface area contributed by atoms with Gasteiger partial charge in [-0.15, -0.1) is 0 Å². The Morgan fingerprint density at radius 2 is 1.90 bits per heavy atom. The van der Waals surface area contributed by atoms with E-state index in [0.29, 0.717) is 16.8 Å². The number of fused-ring (bicyclic) bond motifs is 1. The number of ether oxygens (including phenoxy) is 1. The van der Waals surface area contributed by atoms with E-state index >= 15 is 0 Å². The molecule has 5 heteroatoms. The summed E-state index contributed by atoms with van der Waals surface area (Å²) in [5.41, 5.74) is 1.06. The Kier molecular flexibility index (Phi) is 8.41. The number of halogens is 2. The average Bonchev–Trinajstić information content (AvgIpc) is 2.52. The first-order valence-corrected chi connectivity index (χ1v) is 8.29. The van der Waals surface area contributed by atoms with Crippen molar-refractivity contribution in [1.29, 1.82) is 0 Å². The van der Waals surface area contributed by atoms with Gasteiger partial charge in [-0.25, -0.2) is 4.39 Å². The highest BCUT2D eigenvalue weighted by Crippen LogP contribution is 2.38. The summed E-state index contributed by atoms with van der Waals surface area (Å²) in [4.78, 5) is 0. The Morgan fingerprint density at radius 1 is 1.20 bits per heavy atom. The van der Waals surface area contributed by atoms with E-state index in [4.69, 9.17) is 4.74 Å². The molecular formula is C15H26BrFN2O. The second-order valence-electron chi connectivity index (χ2n) is 4.83. The molecule has 0 saturated carbocycles. The largest absolute Gasteiger partial charge is 0.494 e. The number of allylic oxidation sites excluding steroid dienone is 3. The third kappa shape index (κ3) is 4.86. The molecule has 1 aliphatic heterocycles. The lowest BCUT2D eigenvalue weighted by molar-refractivity contribution is 0.161. The van der Waals surface area contributed by atoms with Crippen LogP contribution in [0.1, 0.15) is 33.6 Å². The van der Waals surface area contributed by atoms with Gasteiger partial charge in [-0.2, -0.15) is 0 Å². The fourth-order valence-electron chi connectivity index (χ4n) is 2.33. The van der Waals surface area contributed by atoms with Gasteiger partial charge >= 0.3 is 0 Å². The second kappa shape index (κ2) is 9.53. The minimum Gasteiger partial charge on any atom is -0.494 e. The molecule has 2 rings (SSSR count). The van der Waals surface area contributed by atoms with Gasteiger partial charge in [0.1, 0.15) is 5.76 Å². The summed E-state index contributed by atoms with van der Waals surface area (Å²) in [6, 6.07) is 0. The third-order valence-electron chi connectivity index (χ3n) is 3.33. The minimum atomic E-state index is -0.224. The summed E-state index contributed by atoms with van der Waals surface area (Å²) in [7, 11) is 0. The number of hydrogen-bond acceptors (Lipinski definition) is 3. The molecule has 2 N–H and O–H groups in total. The Hall–Kier alpha value is -0.390. The molecule has 1 heterocycles. The van der Waals surface area contributed by atoms with Gasteiger partial charge in [0.2, 0.25) is 0 Å². The van der Waals surface area contributed by atoms with Crippen molar-refractivity contribution in [1.82, 2.24) is 10.6 Å². The fourth-order valence-corrected chi connectivity index (χ4v) is 2.69. The number of nitrogens with one attached hydrogen (secondary N) is 2. The van der Waals surface area contributed by atoms with E-state index in [9.17, 15) is 4.39 Å². The van der Waals surface area contributed by atoms with Crippen LogP contribution in [0.5, 0.6) is 0 Å². The third-order valence-corrected chi connectivity index (χ3v) is 4.36. The van der Waals surface area contributed by atoms with E-state index < -0.39 is 0 Å². The van der Waals surface area contributed by atoms with Crippen molar-refractivity contribution >= 4 is 15.9 Å². The maximum absolute atomic E-state index is 14.2. The molecule has 20 heavy (non-hydrogen) atoms. The van der Waals surface area contributed by atoms with Crippen LogP contribution in [-0.4, -0.2) is 32.8 Å². The van der Waals surface area contributed by atoms with Crippen molar-refractivity contribution in [2.75, 3.05) is 32.8 Å². The van der Waals surface area contributed by atoms with Crippen molar-refractivity contribution in [3.05, 3.63) is 21.6 Å². The molecule has 116 valence electrons. The van der Waals surface area contributed by atoms with E-state index in [2.05, 4.69) is 26.6 Å². The van der Waals surface area contributed by atoms with Gasteiger partial charge in [0.05, 0.1) is 11.1 Å². The normalized spacial score (nSPS) is 24.9. The molecule has 1 aliphatic carbocycles. The van der Waals surface area contributed by atoms with Crippen molar-refractivity contribution in [3.63, 3.8) is 0 Å². The molecule has 1 unspecified atom stereocenters. The van der Waals surface area contributed by atoms with Crippen molar-refractivity contribution in [2.45, 2.75) is 33.6 Å². The molecule has 0 aromatic carbocycles. The van der Waals surface area contributed by atoms with Gasteiger partial charge in [-0.3, -0.25) is 0 Å². The predicted molar refractivity (Wildman–Crippen MR) is 85.5 cm³/mol. The highest BCUT2D eigenvalue weighted by Gasteiger charge is 2.28. The van der Waals surface area contributed by atoms with Gasteiger partial charge < -0.3 is 15.4 Å². The Morgan fingerprint density at radius 3 is 2.65 bits per heavy atom. The number of rotatable bonds is 0. The lowest BCUT2D eigenvalue weighted by Crippen LogP contribution is -2.32. The van der Waals surface area contributed by atoms with Gasteiger partial charge in [-0.1, -0.05) is 19.4 Å². The zero-order chi connectivity index (χ0) is 15.0. The van der Waals surface area contributed by atoms with E-state index in [1.807, 2.05) is 20.8 Å². The molecule has 0 aromatic rings. The first-order valence-electron chi connectivity index (χ1n) is 7.49. The van der Waals surface area contributed by atoms with Crippen LogP contribution in [0, 0.1) is 5.92 Å². The first kappa shape index (κ1) is 17.7. The molecule has 1 atom stereocenters. The fraction of sp³-hybridized carbons (Fsp3) is 0.733. The molecule has 0 aromatic heterocycles. The molecular weight excluding hydrogens is 323 g/mol. The van der Waals surface area contributed by atoms with Gasteiger partial charge in [-0.05, 0) is 42.2 Å². The Labute approximate surface area is 130 Å². The monoisotopic (exact) mass is 348 g/mol.